The van der Waals surface area contributed by atoms with Gasteiger partial charge in [0.2, 0.25) is 0 Å². The molecule has 3 rings (SSSR count). The zero-order valence-corrected chi connectivity index (χ0v) is 16.1. The number of nitrogens with one attached hydrogen (secondary N) is 1. The van der Waals surface area contributed by atoms with Crippen molar-refractivity contribution in [3.63, 3.8) is 0 Å². The van der Waals surface area contributed by atoms with Crippen LogP contribution in [0.4, 0.5) is 5.69 Å². The van der Waals surface area contributed by atoms with Crippen molar-refractivity contribution in [3.05, 3.63) is 59.1 Å². The molecule has 1 aliphatic rings. The fourth-order valence-corrected chi connectivity index (χ4v) is 4.25. The second-order valence-electron chi connectivity index (χ2n) is 6.58. The molecule has 0 unspecified atom stereocenters. The fourth-order valence-electron chi connectivity index (χ4n) is 3.07. The molecular weight excluding hydrogens is 372 g/mol. The number of carbonyl (C=O) groups excluding carboxylic acids is 1. The lowest BCUT2D eigenvalue weighted by Crippen LogP contribution is -2.33. The highest BCUT2D eigenvalue weighted by molar-refractivity contribution is 7.92. The number of hydrogen-bond acceptors (Lipinski definition) is 4. The average molecular weight is 393 g/mol. The number of ketones is 1. The van der Waals surface area contributed by atoms with Crippen molar-refractivity contribution < 1.29 is 13.2 Å². The third kappa shape index (κ3) is 4.44. The van der Waals surface area contributed by atoms with Crippen LogP contribution >= 0.6 is 11.6 Å². The van der Waals surface area contributed by atoms with Gasteiger partial charge in [0.15, 0.2) is 5.78 Å². The van der Waals surface area contributed by atoms with Crippen LogP contribution in [0.15, 0.2) is 53.4 Å². The molecule has 0 saturated carbocycles. The first-order chi connectivity index (χ1) is 12.3. The molecule has 26 heavy (non-hydrogen) atoms. The lowest BCUT2D eigenvalue weighted by atomic mass is 9.89. The number of likely N-dealkylation sites (tertiary alicyclic amines) is 1. The number of piperidine rings is 1. The van der Waals surface area contributed by atoms with Gasteiger partial charge in [-0.3, -0.25) is 9.52 Å². The van der Waals surface area contributed by atoms with Crippen LogP contribution < -0.4 is 4.72 Å². The molecule has 1 saturated heterocycles. The lowest BCUT2D eigenvalue weighted by molar-refractivity contribution is 0.0857. The number of benzene rings is 2. The van der Waals surface area contributed by atoms with Gasteiger partial charge in [0.25, 0.3) is 10.0 Å². The van der Waals surface area contributed by atoms with Crippen molar-refractivity contribution >= 4 is 33.1 Å². The summed E-state index contributed by atoms with van der Waals surface area (Å²) in [6.45, 7) is 1.80. The van der Waals surface area contributed by atoms with E-state index in [4.69, 9.17) is 11.6 Å². The predicted molar refractivity (Wildman–Crippen MR) is 103 cm³/mol. The summed E-state index contributed by atoms with van der Waals surface area (Å²) in [5, 5.41) is 0.467. The number of rotatable bonds is 5. The number of anilines is 1. The van der Waals surface area contributed by atoms with Crippen molar-refractivity contribution in [1.82, 2.24) is 4.90 Å². The van der Waals surface area contributed by atoms with Crippen LogP contribution in [-0.2, 0) is 10.0 Å². The molecule has 2 aromatic rings. The summed E-state index contributed by atoms with van der Waals surface area (Å²) in [7, 11) is -1.68. The zero-order valence-electron chi connectivity index (χ0n) is 14.5. The highest BCUT2D eigenvalue weighted by Crippen LogP contribution is 2.24. The number of nitrogens with zero attached hydrogens (tertiary/aromatic N) is 1. The molecular formula is C19H21ClN2O3S. The minimum atomic E-state index is -3.73. The quantitative estimate of drug-likeness (QED) is 0.788. The molecule has 1 aliphatic heterocycles. The standard InChI is InChI=1S/C19H21ClN2O3S/c1-22-11-9-14(10-12-22)19(23)15-3-2-4-17(13-15)21-26(24,25)18-7-5-16(20)6-8-18/h2-8,13-14,21H,9-12H2,1H3. The normalized spacial score (nSPS) is 16.4. The molecule has 0 spiro atoms. The largest absolute Gasteiger partial charge is 0.306 e. The summed E-state index contributed by atoms with van der Waals surface area (Å²) in [6.07, 6.45) is 1.66. The van der Waals surface area contributed by atoms with Crippen LogP contribution in [0.25, 0.3) is 0 Å². The Kier molecular flexibility index (Phi) is 5.65. The van der Waals surface area contributed by atoms with E-state index in [2.05, 4.69) is 9.62 Å². The van der Waals surface area contributed by atoms with Gasteiger partial charge >= 0.3 is 0 Å². The lowest BCUT2D eigenvalue weighted by Gasteiger charge is -2.28. The molecule has 2 aromatic carbocycles. The number of sulfonamides is 1. The molecule has 0 bridgehead atoms. The molecule has 0 atom stereocenters. The van der Waals surface area contributed by atoms with Crippen LogP contribution in [0, 0.1) is 5.92 Å². The van der Waals surface area contributed by atoms with Gasteiger partial charge in [0.05, 0.1) is 4.90 Å². The number of Topliss-reactive ketones (excluding diaryl/α,β-unsaturated/α-hetero) is 1. The minimum Gasteiger partial charge on any atom is -0.306 e. The van der Waals surface area contributed by atoms with Gasteiger partial charge in [-0.25, -0.2) is 8.42 Å². The zero-order chi connectivity index (χ0) is 18.7. The van der Waals surface area contributed by atoms with Gasteiger partial charge in [-0.2, -0.15) is 0 Å². The molecule has 1 heterocycles. The number of halogens is 1. The third-order valence-corrected chi connectivity index (χ3v) is 6.26. The molecule has 1 fully saturated rings. The average Bonchev–Trinajstić information content (AvgIpc) is 2.62. The molecule has 1 N–H and O–H groups in total. The van der Waals surface area contributed by atoms with Crippen LogP contribution in [0.3, 0.4) is 0 Å². The second-order valence-corrected chi connectivity index (χ2v) is 8.70. The molecule has 0 aliphatic carbocycles. The Morgan fingerprint density at radius 3 is 2.42 bits per heavy atom. The van der Waals surface area contributed by atoms with E-state index in [9.17, 15) is 13.2 Å². The summed E-state index contributed by atoms with van der Waals surface area (Å²) in [5.74, 6) is 0.0694. The van der Waals surface area contributed by atoms with E-state index in [1.54, 1.807) is 24.3 Å². The summed E-state index contributed by atoms with van der Waals surface area (Å²) in [4.78, 5) is 15.0. The van der Waals surface area contributed by atoms with E-state index in [-0.39, 0.29) is 16.6 Å². The molecule has 5 nitrogen and oxygen atoms in total. The molecule has 7 heteroatoms. The van der Waals surface area contributed by atoms with Gasteiger partial charge in [-0.05, 0) is 69.4 Å². The Hall–Kier alpha value is -1.89. The Labute approximate surface area is 159 Å². The van der Waals surface area contributed by atoms with E-state index in [0.717, 1.165) is 25.9 Å². The molecule has 0 aromatic heterocycles. The van der Waals surface area contributed by atoms with E-state index < -0.39 is 10.0 Å². The maximum absolute atomic E-state index is 12.7. The van der Waals surface area contributed by atoms with Crippen molar-refractivity contribution in [1.29, 1.82) is 0 Å². The van der Waals surface area contributed by atoms with Gasteiger partial charge < -0.3 is 4.90 Å². The van der Waals surface area contributed by atoms with Gasteiger partial charge in [-0.1, -0.05) is 23.7 Å². The molecule has 0 radical (unpaired) electrons. The topological polar surface area (TPSA) is 66.5 Å². The summed E-state index contributed by atoms with van der Waals surface area (Å²) in [6, 6.07) is 12.6. The molecule has 138 valence electrons. The van der Waals surface area contributed by atoms with Crippen molar-refractivity contribution in [2.45, 2.75) is 17.7 Å². The first kappa shape index (κ1) is 18.9. The van der Waals surface area contributed by atoms with Crippen LogP contribution in [-0.4, -0.2) is 39.2 Å². The highest BCUT2D eigenvalue weighted by atomic mass is 35.5. The van der Waals surface area contributed by atoms with Crippen LogP contribution in [0.5, 0.6) is 0 Å². The maximum Gasteiger partial charge on any atom is 0.261 e. The van der Waals surface area contributed by atoms with E-state index in [0.29, 0.717) is 16.3 Å². The third-order valence-electron chi connectivity index (χ3n) is 4.61. The van der Waals surface area contributed by atoms with Gasteiger partial charge in [-0.15, -0.1) is 0 Å². The molecule has 0 amide bonds. The van der Waals surface area contributed by atoms with Crippen molar-refractivity contribution in [2.24, 2.45) is 5.92 Å². The summed E-state index contributed by atoms with van der Waals surface area (Å²) in [5.41, 5.74) is 0.912. The van der Waals surface area contributed by atoms with E-state index in [1.165, 1.54) is 24.3 Å². The second kappa shape index (κ2) is 7.78. The fraction of sp³-hybridized carbons (Fsp3) is 0.316. The monoisotopic (exact) mass is 392 g/mol. The Bertz CT molecular complexity index is 889. The van der Waals surface area contributed by atoms with Crippen LogP contribution in [0.2, 0.25) is 5.02 Å². The Morgan fingerprint density at radius 1 is 1.12 bits per heavy atom. The smallest absolute Gasteiger partial charge is 0.261 e. The predicted octanol–water partition coefficient (Wildman–Crippen LogP) is 3.67. The SMILES string of the molecule is CN1CCC(C(=O)c2cccc(NS(=O)(=O)c3ccc(Cl)cc3)c2)CC1. The Morgan fingerprint density at radius 2 is 1.77 bits per heavy atom. The first-order valence-corrected chi connectivity index (χ1v) is 10.3. The number of carbonyl (C=O) groups is 1. The highest BCUT2D eigenvalue weighted by Gasteiger charge is 2.24. The first-order valence-electron chi connectivity index (χ1n) is 8.46. The number of hydrogen-bond donors (Lipinski definition) is 1. The van der Waals surface area contributed by atoms with Crippen LogP contribution in [0.1, 0.15) is 23.2 Å². The van der Waals surface area contributed by atoms with Crippen molar-refractivity contribution in [2.75, 3.05) is 24.9 Å². The Balaban J connectivity index is 1.77. The van der Waals surface area contributed by atoms with Crippen molar-refractivity contribution in [3.8, 4) is 0 Å². The summed E-state index contributed by atoms with van der Waals surface area (Å²) < 4.78 is 27.5. The maximum atomic E-state index is 12.7. The van der Waals surface area contributed by atoms with E-state index >= 15 is 0 Å². The van der Waals surface area contributed by atoms with Gasteiger partial charge in [0, 0.05) is 22.2 Å². The van der Waals surface area contributed by atoms with Gasteiger partial charge in [0.1, 0.15) is 0 Å². The minimum absolute atomic E-state index is 0.00526. The van der Waals surface area contributed by atoms with E-state index in [1.807, 2.05) is 7.05 Å². The summed E-state index contributed by atoms with van der Waals surface area (Å²) >= 11 is 5.80.